The van der Waals surface area contributed by atoms with E-state index in [9.17, 15) is 9.59 Å². The molecule has 0 heterocycles. The average Bonchev–Trinajstić information content (AvgIpc) is 2.76. The molecular weight excluding hydrogens is 368 g/mol. The van der Waals surface area contributed by atoms with Crippen molar-refractivity contribution in [2.24, 2.45) is 0 Å². The van der Waals surface area contributed by atoms with Crippen LogP contribution in [0.3, 0.4) is 0 Å². The van der Waals surface area contributed by atoms with E-state index in [1.807, 2.05) is 54.6 Å². The molecule has 6 nitrogen and oxygen atoms in total. The Hall–Kier alpha value is -3.54. The number of carbonyl (C=O) groups is 2. The Morgan fingerprint density at radius 3 is 2.31 bits per heavy atom. The van der Waals surface area contributed by atoms with Crippen LogP contribution in [0.2, 0.25) is 0 Å². The molecule has 29 heavy (non-hydrogen) atoms. The zero-order valence-corrected chi connectivity index (χ0v) is 16.5. The van der Waals surface area contributed by atoms with Crippen LogP contribution in [-0.4, -0.2) is 32.6 Å². The van der Waals surface area contributed by atoms with Crippen molar-refractivity contribution >= 4 is 22.6 Å². The highest BCUT2D eigenvalue weighted by Crippen LogP contribution is 2.30. The van der Waals surface area contributed by atoms with E-state index in [2.05, 4.69) is 10.6 Å². The highest BCUT2D eigenvalue weighted by molar-refractivity contribution is 5.91. The molecule has 0 aromatic heterocycles. The van der Waals surface area contributed by atoms with Crippen molar-refractivity contribution in [1.82, 2.24) is 10.6 Å². The predicted octanol–water partition coefficient (Wildman–Crippen LogP) is 2.83. The van der Waals surface area contributed by atoms with Crippen LogP contribution in [0.4, 0.5) is 0 Å². The number of para-hydroxylation sites is 1. The fraction of sp³-hybridized carbons (Fsp3) is 0.217. The van der Waals surface area contributed by atoms with E-state index in [-0.39, 0.29) is 31.3 Å². The van der Waals surface area contributed by atoms with Crippen LogP contribution in [0.5, 0.6) is 11.5 Å². The summed E-state index contributed by atoms with van der Waals surface area (Å²) in [5, 5.41) is 7.59. The van der Waals surface area contributed by atoms with Crippen molar-refractivity contribution in [3.63, 3.8) is 0 Å². The Kier molecular flexibility index (Phi) is 6.68. The first-order valence-electron chi connectivity index (χ1n) is 9.32. The number of hydrogen-bond acceptors (Lipinski definition) is 4. The minimum atomic E-state index is -0.277. The number of ether oxygens (including phenoxy) is 2. The molecule has 3 rings (SSSR count). The summed E-state index contributed by atoms with van der Waals surface area (Å²) in [5.74, 6) is 0.703. The van der Waals surface area contributed by atoms with E-state index in [1.54, 1.807) is 20.3 Å². The van der Waals surface area contributed by atoms with Crippen LogP contribution in [0.25, 0.3) is 10.8 Å². The second-order valence-electron chi connectivity index (χ2n) is 6.52. The van der Waals surface area contributed by atoms with Gasteiger partial charge in [0.2, 0.25) is 11.8 Å². The maximum atomic E-state index is 12.3. The van der Waals surface area contributed by atoms with Crippen LogP contribution in [0.15, 0.2) is 60.7 Å². The molecule has 150 valence electrons. The molecule has 0 aliphatic heterocycles. The van der Waals surface area contributed by atoms with Gasteiger partial charge in [0.15, 0.2) is 11.5 Å². The number of fused-ring (bicyclic) bond motifs is 1. The summed E-state index contributed by atoms with van der Waals surface area (Å²) in [6.45, 7) is 0.189. The van der Waals surface area contributed by atoms with Gasteiger partial charge in [0, 0.05) is 12.1 Å². The third kappa shape index (κ3) is 5.04. The van der Waals surface area contributed by atoms with E-state index in [0.29, 0.717) is 11.5 Å². The van der Waals surface area contributed by atoms with Gasteiger partial charge in [-0.15, -0.1) is 0 Å². The summed E-state index contributed by atoms with van der Waals surface area (Å²) in [4.78, 5) is 24.4. The molecule has 0 aliphatic rings. The lowest BCUT2D eigenvalue weighted by atomic mass is 10.0. The van der Waals surface area contributed by atoms with Crippen molar-refractivity contribution in [2.75, 3.05) is 20.8 Å². The summed E-state index contributed by atoms with van der Waals surface area (Å²) in [5.41, 5.74) is 1.73. The normalized spacial score (nSPS) is 10.4. The second-order valence-corrected chi connectivity index (χ2v) is 6.52. The molecule has 0 unspecified atom stereocenters. The largest absolute Gasteiger partial charge is 0.493 e. The molecule has 2 amide bonds. The summed E-state index contributed by atoms with van der Waals surface area (Å²) >= 11 is 0. The Labute approximate surface area is 169 Å². The fourth-order valence-electron chi connectivity index (χ4n) is 3.21. The van der Waals surface area contributed by atoms with Crippen LogP contribution in [0.1, 0.15) is 11.1 Å². The van der Waals surface area contributed by atoms with E-state index in [4.69, 9.17) is 9.47 Å². The number of hydrogen-bond donors (Lipinski definition) is 2. The maximum absolute atomic E-state index is 12.3. The molecular formula is C23H24N2O4. The summed E-state index contributed by atoms with van der Waals surface area (Å²) in [6, 6.07) is 19.3. The SMILES string of the molecule is COc1cccc(CNC(=O)CNC(=O)Cc2cccc3ccccc23)c1OC. The molecule has 0 saturated carbocycles. The van der Waals surface area contributed by atoms with Gasteiger partial charge in [-0.05, 0) is 22.4 Å². The predicted molar refractivity (Wildman–Crippen MR) is 112 cm³/mol. The monoisotopic (exact) mass is 392 g/mol. The van der Waals surface area contributed by atoms with Crippen LogP contribution < -0.4 is 20.1 Å². The zero-order chi connectivity index (χ0) is 20.6. The molecule has 0 bridgehead atoms. The third-order valence-electron chi connectivity index (χ3n) is 4.64. The molecule has 2 N–H and O–H groups in total. The zero-order valence-electron chi connectivity index (χ0n) is 16.5. The number of methoxy groups -OCH3 is 2. The Morgan fingerprint density at radius 2 is 1.52 bits per heavy atom. The lowest BCUT2D eigenvalue weighted by Gasteiger charge is -2.13. The average molecular weight is 392 g/mol. The molecule has 0 atom stereocenters. The van der Waals surface area contributed by atoms with Gasteiger partial charge in [-0.25, -0.2) is 0 Å². The van der Waals surface area contributed by atoms with E-state index in [0.717, 1.165) is 21.9 Å². The number of carbonyl (C=O) groups excluding carboxylic acids is 2. The number of amides is 2. The molecule has 0 aliphatic carbocycles. The first-order chi connectivity index (χ1) is 14.1. The maximum Gasteiger partial charge on any atom is 0.239 e. The first-order valence-corrected chi connectivity index (χ1v) is 9.32. The third-order valence-corrected chi connectivity index (χ3v) is 4.64. The van der Waals surface area contributed by atoms with Gasteiger partial charge in [0.05, 0.1) is 27.2 Å². The smallest absolute Gasteiger partial charge is 0.239 e. The van der Waals surface area contributed by atoms with Crippen LogP contribution in [-0.2, 0) is 22.6 Å². The minimum absolute atomic E-state index is 0.0874. The first kappa shape index (κ1) is 20.2. The van der Waals surface area contributed by atoms with Crippen molar-refractivity contribution in [2.45, 2.75) is 13.0 Å². The van der Waals surface area contributed by atoms with Crippen molar-refractivity contribution < 1.29 is 19.1 Å². The molecule has 6 heteroatoms. The molecule has 3 aromatic carbocycles. The standard InChI is InChI=1S/C23H24N2O4/c1-28-20-12-6-10-18(23(20)29-2)14-24-22(27)15-25-21(26)13-17-9-5-8-16-7-3-4-11-19(16)17/h3-12H,13-15H2,1-2H3,(H,24,27)(H,25,26). The summed E-state index contributed by atoms with van der Waals surface area (Å²) in [7, 11) is 3.11. The minimum Gasteiger partial charge on any atom is -0.493 e. The summed E-state index contributed by atoms with van der Waals surface area (Å²) in [6.07, 6.45) is 0.221. The topological polar surface area (TPSA) is 76.7 Å². The van der Waals surface area contributed by atoms with E-state index in [1.165, 1.54) is 0 Å². The van der Waals surface area contributed by atoms with Gasteiger partial charge in [-0.3, -0.25) is 9.59 Å². The van der Waals surface area contributed by atoms with Crippen molar-refractivity contribution in [3.05, 3.63) is 71.8 Å². The number of benzene rings is 3. The van der Waals surface area contributed by atoms with Gasteiger partial charge in [0.25, 0.3) is 0 Å². The molecule has 0 radical (unpaired) electrons. The van der Waals surface area contributed by atoms with E-state index < -0.39 is 0 Å². The van der Waals surface area contributed by atoms with E-state index >= 15 is 0 Å². The van der Waals surface area contributed by atoms with Gasteiger partial charge >= 0.3 is 0 Å². The fourth-order valence-corrected chi connectivity index (χ4v) is 3.21. The Morgan fingerprint density at radius 1 is 0.793 bits per heavy atom. The molecule has 0 fully saturated rings. The van der Waals surface area contributed by atoms with Crippen molar-refractivity contribution in [3.8, 4) is 11.5 Å². The highest BCUT2D eigenvalue weighted by Gasteiger charge is 2.12. The van der Waals surface area contributed by atoms with Crippen LogP contribution in [0, 0.1) is 0 Å². The number of nitrogens with one attached hydrogen (secondary N) is 2. The highest BCUT2D eigenvalue weighted by atomic mass is 16.5. The number of rotatable bonds is 8. The molecule has 3 aromatic rings. The lowest BCUT2D eigenvalue weighted by Crippen LogP contribution is -2.37. The Balaban J connectivity index is 1.52. The van der Waals surface area contributed by atoms with Gasteiger partial charge in [0.1, 0.15) is 0 Å². The van der Waals surface area contributed by atoms with Crippen molar-refractivity contribution in [1.29, 1.82) is 0 Å². The quantitative estimate of drug-likeness (QED) is 0.618. The van der Waals surface area contributed by atoms with Gasteiger partial charge in [-0.2, -0.15) is 0 Å². The molecule has 0 spiro atoms. The van der Waals surface area contributed by atoms with Gasteiger partial charge < -0.3 is 20.1 Å². The second kappa shape index (κ2) is 9.59. The summed E-state index contributed by atoms with van der Waals surface area (Å²) < 4.78 is 10.6. The lowest BCUT2D eigenvalue weighted by molar-refractivity contribution is -0.125. The van der Waals surface area contributed by atoms with Crippen LogP contribution >= 0.6 is 0 Å². The van der Waals surface area contributed by atoms with Gasteiger partial charge in [-0.1, -0.05) is 54.6 Å². The molecule has 0 saturated heterocycles. The Bertz CT molecular complexity index is 1010.